The molecule has 0 aliphatic carbocycles. The minimum absolute atomic E-state index is 0.0639. The van der Waals surface area contributed by atoms with E-state index in [1.165, 1.54) is 24.3 Å². The molecule has 1 rings (SSSR count). The summed E-state index contributed by atoms with van der Waals surface area (Å²) in [6.45, 7) is 1.69. The zero-order chi connectivity index (χ0) is 12.1. The number of carbonyl (C=O) groups is 1. The zero-order valence-corrected chi connectivity index (χ0v) is 8.62. The second kappa shape index (κ2) is 5.22. The summed E-state index contributed by atoms with van der Waals surface area (Å²) in [4.78, 5) is 21.2. The van der Waals surface area contributed by atoms with Gasteiger partial charge in [-0.05, 0) is 13.0 Å². The Morgan fingerprint density at radius 2 is 2.19 bits per heavy atom. The topological polar surface area (TPSA) is 89.7 Å². The van der Waals surface area contributed by atoms with Gasteiger partial charge in [-0.3, -0.25) is 10.1 Å². The van der Waals surface area contributed by atoms with Crippen LogP contribution in [-0.2, 0) is 9.53 Å². The lowest BCUT2D eigenvalue weighted by Crippen LogP contribution is -2.16. The number of para-hydroxylation sites is 1. The summed E-state index contributed by atoms with van der Waals surface area (Å²) in [6, 6.07) is 5.50. The van der Waals surface area contributed by atoms with Gasteiger partial charge in [0, 0.05) is 6.07 Å². The first-order valence-electron chi connectivity index (χ1n) is 4.66. The van der Waals surface area contributed by atoms with Gasteiger partial charge in [-0.2, -0.15) is 0 Å². The van der Waals surface area contributed by atoms with Gasteiger partial charge in [0.15, 0.2) is 6.10 Å². The molecule has 1 N–H and O–H groups in total. The van der Waals surface area contributed by atoms with Crippen LogP contribution < -0.4 is 0 Å². The molecule has 1 aromatic rings. The van der Waals surface area contributed by atoms with Gasteiger partial charge in [0.25, 0.3) is 5.69 Å². The summed E-state index contributed by atoms with van der Waals surface area (Å²) in [5, 5.41) is 20.2. The number of aliphatic hydroxyl groups excluding tert-OH is 1. The lowest BCUT2D eigenvalue weighted by Gasteiger charge is -2.09. The largest absolute Gasteiger partial charge is 0.464 e. The third kappa shape index (κ3) is 2.54. The van der Waals surface area contributed by atoms with Crippen molar-refractivity contribution in [1.29, 1.82) is 0 Å². The van der Waals surface area contributed by atoms with Crippen molar-refractivity contribution in [2.75, 3.05) is 6.61 Å². The van der Waals surface area contributed by atoms with Crippen molar-refractivity contribution < 1.29 is 19.6 Å². The van der Waals surface area contributed by atoms with Crippen LogP contribution in [0.4, 0.5) is 5.69 Å². The van der Waals surface area contributed by atoms with Gasteiger partial charge in [0.1, 0.15) is 0 Å². The maximum Gasteiger partial charge on any atom is 0.339 e. The predicted octanol–water partition coefficient (Wildman–Crippen LogP) is 1.19. The summed E-state index contributed by atoms with van der Waals surface area (Å²) in [6.07, 6.45) is -1.62. The number of hydrogen-bond acceptors (Lipinski definition) is 5. The Hall–Kier alpha value is -1.95. The number of esters is 1. The number of carbonyl (C=O) groups excluding carboxylic acids is 1. The highest BCUT2D eigenvalue weighted by Crippen LogP contribution is 2.25. The first-order valence-corrected chi connectivity index (χ1v) is 4.66. The Balaban J connectivity index is 3.03. The van der Waals surface area contributed by atoms with Gasteiger partial charge in [-0.15, -0.1) is 0 Å². The Morgan fingerprint density at radius 3 is 2.75 bits per heavy atom. The average molecular weight is 225 g/mol. The minimum Gasteiger partial charge on any atom is -0.464 e. The van der Waals surface area contributed by atoms with Gasteiger partial charge < -0.3 is 9.84 Å². The molecule has 6 heteroatoms. The number of ether oxygens (including phenoxy) is 1. The maximum absolute atomic E-state index is 11.2. The smallest absolute Gasteiger partial charge is 0.339 e. The fraction of sp³-hybridized carbons (Fsp3) is 0.300. The van der Waals surface area contributed by atoms with E-state index in [4.69, 9.17) is 0 Å². The van der Waals surface area contributed by atoms with E-state index in [1.807, 2.05) is 0 Å². The first kappa shape index (κ1) is 12.1. The summed E-state index contributed by atoms with van der Waals surface area (Å²) >= 11 is 0. The van der Waals surface area contributed by atoms with Crippen LogP contribution in [0, 0.1) is 10.1 Å². The molecule has 16 heavy (non-hydrogen) atoms. The zero-order valence-electron chi connectivity index (χ0n) is 8.62. The summed E-state index contributed by atoms with van der Waals surface area (Å²) in [7, 11) is 0. The molecular formula is C10H11NO5. The van der Waals surface area contributed by atoms with Gasteiger partial charge in [-0.25, -0.2) is 4.79 Å². The lowest BCUT2D eigenvalue weighted by molar-refractivity contribution is -0.386. The van der Waals surface area contributed by atoms with Crippen molar-refractivity contribution in [2.45, 2.75) is 13.0 Å². The first-order chi connectivity index (χ1) is 7.57. The Labute approximate surface area is 91.6 Å². The van der Waals surface area contributed by atoms with E-state index >= 15 is 0 Å². The molecular weight excluding hydrogens is 214 g/mol. The van der Waals surface area contributed by atoms with Crippen LogP contribution in [0.3, 0.4) is 0 Å². The van der Waals surface area contributed by atoms with E-state index < -0.39 is 17.0 Å². The Bertz CT molecular complexity index is 404. The monoisotopic (exact) mass is 225 g/mol. The van der Waals surface area contributed by atoms with Crippen LogP contribution in [0.25, 0.3) is 0 Å². The maximum atomic E-state index is 11.2. The summed E-state index contributed by atoms with van der Waals surface area (Å²) in [5.41, 5.74) is -0.367. The molecule has 0 aliphatic heterocycles. The lowest BCUT2D eigenvalue weighted by atomic mass is 10.1. The molecule has 0 amide bonds. The van der Waals surface area contributed by atoms with Gasteiger partial charge in [0.2, 0.25) is 0 Å². The van der Waals surface area contributed by atoms with E-state index in [0.29, 0.717) is 0 Å². The number of aliphatic hydroxyl groups is 1. The Kier molecular flexibility index (Phi) is 3.96. The van der Waals surface area contributed by atoms with E-state index in [0.717, 1.165) is 0 Å². The number of benzene rings is 1. The van der Waals surface area contributed by atoms with Crippen molar-refractivity contribution in [3.05, 3.63) is 39.9 Å². The molecule has 0 radical (unpaired) electrons. The SMILES string of the molecule is CCOC(=O)[C@@H](O)c1ccccc1[N+](=O)[O-]. The molecule has 0 fully saturated rings. The number of hydrogen-bond donors (Lipinski definition) is 1. The van der Waals surface area contributed by atoms with Crippen LogP contribution in [0.15, 0.2) is 24.3 Å². The van der Waals surface area contributed by atoms with Crippen molar-refractivity contribution in [3.8, 4) is 0 Å². The standard InChI is InChI=1S/C10H11NO5/c1-2-16-10(13)9(12)7-5-3-4-6-8(7)11(14)15/h3-6,9,12H,2H2,1H3/t9-/m0/s1. The van der Waals surface area contributed by atoms with Gasteiger partial charge in [-0.1, -0.05) is 12.1 Å². The number of nitro groups is 1. The number of nitrogens with zero attached hydrogens (tertiary/aromatic N) is 1. The molecule has 0 heterocycles. The highest BCUT2D eigenvalue weighted by molar-refractivity contribution is 5.77. The fourth-order valence-electron chi connectivity index (χ4n) is 1.23. The van der Waals surface area contributed by atoms with Crippen LogP contribution in [0.2, 0.25) is 0 Å². The molecule has 0 unspecified atom stereocenters. The van der Waals surface area contributed by atoms with E-state index in [1.54, 1.807) is 6.92 Å². The predicted molar refractivity (Wildman–Crippen MR) is 54.7 cm³/mol. The van der Waals surface area contributed by atoms with Gasteiger partial charge in [0.05, 0.1) is 17.1 Å². The molecule has 0 saturated heterocycles. The normalized spacial score (nSPS) is 11.9. The van der Waals surface area contributed by atoms with Crippen molar-refractivity contribution in [1.82, 2.24) is 0 Å². The van der Waals surface area contributed by atoms with E-state index in [2.05, 4.69) is 4.74 Å². The van der Waals surface area contributed by atoms with Crippen molar-refractivity contribution in [3.63, 3.8) is 0 Å². The summed E-state index contributed by atoms with van der Waals surface area (Å²) in [5.74, 6) is -0.892. The highest BCUT2D eigenvalue weighted by Gasteiger charge is 2.26. The second-order valence-electron chi connectivity index (χ2n) is 2.97. The summed E-state index contributed by atoms with van der Waals surface area (Å²) < 4.78 is 4.58. The molecule has 86 valence electrons. The number of nitro benzene ring substituents is 1. The van der Waals surface area contributed by atoms with Crippen molar-refractivity contribution in [2.24, 2.45) is 0 Å². The molecule has 0 saturated carbocycles. The quantitative estimate of drug-likeness (QED) is 0.472. The number of rotatable bonds is 4. The molecule has 0 aromatic heterocycles. The molecule has 1 atom stereocenters. The van der Waals surface area contributed by atoms with Crippen LogP contribution in [-0.4, -0.2) is 22.6 Å². The van der Waals surface area contributed by atoms with Crippen LogP contribution in [0.1, 0.15) is 18.6 Å². The fourth-order valence-corrected chi connectivity index (χ4v) is 1.23. The van der Waals surface area contributed by atoms with E-state index in [-0.39, 0.29) is 17.9 Å². The minimum atomic E-state index is -1.62. The molecule has 0 spiro atoms. The molecule has 0 bridgehead atoms. The highest BCUT2D eigenvalue weighted by atomic mass is 16.6. The average Bonchev–Trinajstić information content (AvgIpc) is 2.28. The van der Waals surface area contributed by atoms with Crippen molar-refractivity contribution >= 4 is 11.7 Å². The van der Waals surface area contributed by atoms with Gasteiger partial charge >= 0.3 is 5.97 Å². The van der Waals surface area contributed by atoms with E-state index in [9.17, 15) is 20.0 Å². The molecule has 1 aromatic carbocycles. The third-order valence-corrected chi connectivity index (χ3v) is 1.94. The Morgan fingerprint density at radius 1 is 1.56 bits per heavy atom. The van der Waals surface area contributed by atoms with Crippen LogP contribution in [0.5, 0.6) is 0 Å². The second-order valence-corrected chi connectivity index (χ2v) is 2.97. The molecule has 0 aliphatic rings. The third-order valence-electron chi connectivity index (χ3n) is 1.94. The van der Waals surface area contributed by atoms with Crippen LogP contribution >= 0.6 is 0 Å². The molecule has 6 nitrogen and oxygen atoms in total.